The summed E-state index contributed by atoms with van der Waals surface area (Å²) in [7, 11) is -3.86. The van der Waals surface area contributed by atoms with Crippen molar-refractivity contribution < 1.29 is 13.0 Å². The van der Waals surface area contributed by atoms with Crippen LogP contribution in [-0.4, -0.2) is 31.3 Å². The van der Waals surface area contributed by atoms with Gasteiger partial charge in [0.25, 0.3) is 10.1 Å². The smallest absolute Gasteiger partial charge is 0.266 e. The monoisotopic (exact) mass is 405 g/mol. The Morgan fingerprint density at radius 3 is 1.41 bits per heavy atom. The highest BCUT2D eigenvalue weighted by Gasteiger charge is 2.10. The van der Waals surface area contributed by atoms with Crippen LogP contribution in [0, 0.1) is 0 Å². The van der Waals surface area contributed by atoms with Crippen molar-refractivity contribution in [3.8, 4) is 0 Å². The van der Waals surface area contributed by atoms with Gasteiger partial charge in [-0.3, -0.25) is 4.55 Å². The predicted octanol–water partition coefficient (Wildman–Crippen LogP) is 6.50. The first kappa shape index (κ1) is 26.9. The Balaban J connectivity index is 3.80. The van der Waals surface area contributed by atoms with Gasteiger partial charge in [0.15, 0.2) is 0 Å². The van der Waals surface area contributed by atoms with Gasteiger partial charge in [-0.05, 0) is 12.8 Å². The lowest BCUT2D eigenvalue weighted by Crippen LogP contribution is -2.33. The average Bonchev–Trinajstić information content (AvgIpc) is 2.61. The lowest BCUT2D eigenvalue weighted by Gasteiger charge is -2.18. The summed E-state index contributed by atoms with van der Waals surface area (Å²) in [5.74, 6) is -0.183. The van der Waals surface area contributed by atoms with E-state index < -0.39 is 10.1 Å². The third-order valence-electron chi connectivity index (χ3n) is 5.36. The SMILES string of the molecule is CCCCCCCCCCCCC(CCCCCCC)NCCS(=O)(=O)O. The number of unbranched alkanes of at least 4 members (excludes halogenated alkanes) is 13. The zero-order valence-electron chi connectivity index (χ0n) is 18.2. The molecule has 0 aliphatic rings. The summed E-state index contributed by atoms with van der Waals surface area (Å²) in [4.78, 5) is 0. The molecule has 27 heavy (non-hydrogen) atoms. The van der Waals surface area contributed by atoms with Gasteiger partial charge >= 0.3 is 0 Å². The molecule has 5 heteroatoms. The molecule has 0 aromatic rings. The molecule has 164 valence electrons. The quantitative estimate of drug-likeness (QED) is 0.169. The molecule has 0 saturated carbocycles. The zero-order valence-corrected chi connectivity index (χ0v) is 19.0. The van der Waals surface area contributed by atoms with Crippen LogP contribution in [0.4, 0.5) is 0 Å². The van der Waals surface area contributed by atoms with E-state index in [1.54, 1.807) is 0 Å². The molecule has 0 spiro atoms. The van der Waals surface area contributed by atoms with Crippen LogP contribution in [0.2, 0.25) is 0 Å². The van der Waals surface area contributed by atoms with Crippen LogP contribution in [-0.2, 0) is 10.1 Å². The summed E-state index contributed by atoms with van der Waals surface area (Å²) < 4.78 is 30.7. The molecule has 0 saturated heterocycles. The maximum atomic E-state index is 10.9. The van der Waals surface area contributed by atoms with Crippen LogP contribution < -0.4 is 5.32 Å². The topological polar surface area (TPSA) is 66.4 Å². The molecule has 0 aromatic heterocycles. The molecule has 0 amide bonds. The molecule has 0 heterocycles. The van der Waals surface area contributed by atoms with Gasteiger partial charge in [0.05, 0.1) is 5.75 Å². The van der Waals surface area contributed by atoms with Gasteiger partial charge in [-0.15, -0.1) is 0 Å². The van der Waals surface area contributed by atoms with Crippen molar-refractivity contribution in [1.29, 1.82) is 0 Å². The van der Waals surface area contributed by atoms with E-state index in [0.717, 1.165) is 12.8 Å². The number of hydrogen-bond donors (Lipinski definition) is 2. The Bertz CT molecular complexity index is 398. The van der Waals surface area contributed by atoms with Gasteiger partial charge in [-0.1, -0.05) is 110 Å². The van der Waals surface area contributed by atoms with Crippen molar-refractivity contribution in [2.75, 3.05) is 12.3 Å². The van der Waals surface area contributed by atoms with E-state index in [2.05, 4.69) is 19.2 Å². The highest BCUT2D eigenvalue weighted by Crippen LogP contribution is 2.15. The van der Waals surface area contributed by atoms with Crippen molar-refractivity contribution in [3.05, 3.63) is 0 Å². The van der Waals surface area contributed by atoms with Gasteiger partial charge in [-0.25, -0.2) is 0 Å². The minimum atomic E-state index is -3.86. The van der Waals surface area contributed by atoms with Crippen molar-refractivity contribution in [2.45, 2.75) is 129 Å². The van der Waals surface area contributed by atoms with Crippen LogP contribution in [0.1, 0.15) is 123 Å². The Kier molecular flexibility index (Phi) is 19.1. The molecule has 1 atom stereocenters. The van der Waals surface area contributed by atoms with E-state index >= 15 is 0 Å². The van der Waals surface area contributed by atoms with Crippen LogP contribution in [0.3, 0.4) is 0 Å². The summed E-state index contributed by atoms with van der Waals surface area (Å²) in [6, 6.07) is 0.391. The molecule has 0 aliphatic heterocycles. The second kappa shape index (κ2) is 19.2. The Morgan fingerprint density at radius 1 is 0.667 bits per heavy atom. The molecule has 0 rings (SSSR count). The highest BCUT2D eigenvalue weighted by atomic mass is 32.2. The van der Waals surface area contributed by atoms with Crippen molar-refractivity contribution >= 4 is 10.1 Å². The summed E-state index contributed by atoms with van der Waals surface area (Å²) >= 11 is 0. The first-order chi connectivity index (χ1) is 13.0. The van der Waals surface area contributed by atoms with Crippen molar-refractivity contribution in [1.82, 2.24) is 5.32 Å². The van der Waals surface area contributed by atoms with E-state index in [1.165, 1.54) is 96.3 Å². The van der Waals surface area contributed by atoms with E-state index in [4.69, 9.17) is 4.55 Å². The standard InChI is InChI=1S/C22H47NO3S/c1-3-5-7-9-10-11-12-13-15-17-19-22(18-16-14-8-6-4-2)23-20-21-27(24,25)26/h22-23H,3-21H2,1-2H3,(H,24,25,26). The predicted molar refractivity (Wildman–Crippen MR) is 118 cm³/mol. The largest absolute Gasteiger partial charge is 0.313 e. The molecule has 1 unspecified atom stereocenters. The van der Waals surface area contributed by atoms with Gasteiger partial charge < -0.3 is 5.32 Å². The van der Waals surface area contributed by atoms with Gasteiger partial charge in [0.1, 0.15) is 0 Å². The van der Waals surface area contributed by atoms with E-state index in [0.29, 0.717) is 12.6 Å². The Hall–Kier alpha value is -0.130. The maximum Gasteiger partial charge on any atom is 0.266 e. The van der Waals surface area contributed by atoms with Crippen LogP contribution in [0.15, 0.2) is 0 Å². The minimum absolute atomic E-state index is 0.183. The van der Waals surface area contributed by atoms with Crippen LogP contribution in [0.5, 0.6) is 0 Å². The van der Waals surface area contributed by atoms with Crippen LogP contribution in [0.25, 0.3) is 0 Å². The second-order valence-corrected chi connectivity index (χ2v) is 9.68. The molecule has 4 nitrogen and oxygen atoms in total. The summed E-state index contributed by atoms with van der Waals surface area (Å²) in [6.07, 6.45) is 22.0. The van der Waals surface area contributed by atoms with E-state index in [-0.39, 0.29) is 5.75 Å². The van der Waals surface area contributed by atoms with E-state index in [1.807, 2.05) is 0 Å². The van der Waals surface area contributed by atoms with Crippen molar-refractivity contribution in [2.24, 2.45) is 0 Å². The van der Waals surface area contributed by atoms with Crippen LogP contribution >= 0.6 is 0 Å². The molecular weight excluding hydrogens is 358 g/mol. The lowest BCUT2D eigenvalue weighted by molar-refractivity contribution is 0.415. The molecule has 0 radical (unpaired) electrons. The normalized spacial score (nSPS) is 13.1. The third-order valence-corrected chi connectivity index (χ3v) is 6.08. The molecular formula is C22H47NO3S. The fourth-order valence-corrected chi connectivity index (χ4v) is 3.99. The second-order valence-electron chi connectivity index (χ2n) is 8.11. The number of nitrogens with one attached hydrogen (secondary N) is 1. The Morgan fingerprint density at radius 2 is 1.04 bits per heavy atom. The lowest BCUT2D eigenvalue weighted by atomic mass is 10.00. The molecule has 0 fully saturated rings. The van der Waals surface area contributed by atoms with E-state index in [9.17, 15) is 8.42 Å². The molecule has 0 bridgehead atoms. The third kappa shape index (κ3) is 22.0. The number of rotatable bonds is 21. The number of hydrogen-bond acceptors (Lipinski definition) is 3. The van der Waals surface area contributed by atoms with Gasteiger partial charge in [0, 0.05) is 12.6 Å². The first-order valence-electron chi connectivity index (χ1n) is 11.7. The first-order valence-corrected chi connectivity index (χ1v) is 13.3. The summed E-state index contributed by atoms with van der Waals surface area (Å²) in [6.45, 7) is 4.84. The minimum Gasteiger partial charge on any atom is -0.313 e. The maximum absolute atomic E-state index is 10.9. The highest BCUT2D eigenvalue weighted by molar-refractivity contribution is 7.85. The molecule has 0 aliphatic carbocycles. The Labute approximate surface area is 170 Å². The van der Waals surface area contributed by atoms with Gasteiger partial charge in [-0.2, -0.15) is 8.42 Å². The molecule has 2 N–H and O–H groups in total. The molecule has 0 aromatic carbocycles. The van der Waals surface area contributed by atoms with Crippen molar-refractivity contribution in [3.63, 3.8) is 0 Å². The fourth-order valence-electron chi connectivity index (χ4n) is 3.61. The fraction of sp³-hybridized carbons (Fsp3) is 1.00. The average molecular weight is 406 g/mol. The summed E-state index contributed by atoms with van der Waals surface area (Å²) in [5, 5.41) is 3.36. The van der Waals surface area contributed by atoms with Gasteiger partial charge in [0.2, 0.25) is 0 Å². The zero-order chi connectivity index (χ0) is 20.2. The summed E-state index contributed by atoms with van der Waals surface area (Å²) in [5.41, 5.74) is 0.